The summed E-state index contributed by atoms with van der Waals surface area (Å²) in [5, 5.41) is 28.1. The lowest BCUT2D eigenvalue weighted by atomic mass is 10.1. The third-order valence-corrected chi connectivity index (χ3v) is 7.99. The first-order valence-corrected chi connectivity index (χ1v) is 13.3. The quantitative estimate of drug-likeness (QED) is 0.367. The van der Waals surface area contributed by atoms with Gasteiger partial charge in [-0.3, -0.25) is 4.79 Å². The number of para-hydroxylation sites is 2. The number of phenolic OH excluding ortho intramolecular Hbond substituents is 2. The smallest absolute Gasteiger partial charge is 0.251 e. The number of hydrogen-bond acceptors (Lipinski definition) is 7. The summed E-state index contributed by atoms with van der Waals surface area (Å²) >= 11 is 0. The molecule has 1 amide bonds. The second-order valence-electron chi connectivity index (χ2n) is 8.73. The van der Waals surface area contributed by atoms with Gasteiger partial charge in [-0.1, -0.05) is 24.3 Å². The Labute approximate surface area is 208 Å². The van der Waals surface area contributed by atoms with Gasteiger partial charge in [0.05, 0.1) is 28.3 Å². The molecule has 1 aromatic heterocycles. The molecule has 9 nitrogen and oxygen atoms in total. The highest BCUT2D eigenvalue weighted by molar-refractivity contribution is 7.91. The van der Waals surface area contributed by atoms with Crippen LogP contribution in [0.15, 0.2) is 72.8 Å². The van der Waals surface area contributed by atoms with E-state index in [4.69, 9.17) is 0 Å². The number of nitrogens with zero attached hydrogens (tertiary/aromatic N) is 3. The Balaban J connectivity index is 1.44. The van der Waals surface area contributed by atoms with E-state index < -0.39 is 9.84 Å². The average Bonchev–Trinajstić information content (AvgIpc) is 3.46. The van der Waals surface area contributed by atoms with Gasteiger partial charge in [-0.05, 0) is 60.9 Å². The van der Waals surface area contributed by atoms with Crippen molar-refractivity contribution in [1.82, 2.24) is 20.1 Å². The number of phenols is 2. The second kappa shape index (κ2) is 9.46. The van der Waals surface area contributed by atoms with Crippen LogP contribution in [0.25, 0.3) is 28.5 Å². The number of amides is 1. The van der Waals surface area contributed by atoms with Crippen molar-refractivity contribution >= 4 is 15.7 Å². The molecule has 0 aliphatic carbocycles. The summed E-state index contributed by atoms with van der Waals surface area (Å²) in [5.41, 5.74) is 1.92. The van der Waals surface area contributed by atoms with Crippen LogP contribution in [0.4, 0.5) is 0 Å². The van der Waals surface area contributed by atoms with Crippen LogP contribution in [0, 0.1) is 5.92 Å². The van der Waals surface area contributed by atoms with Crippen molar-refractivity contribution in [3.05, 3.63) is 78.4 Å². The minimum atomic E-state index is -3.00. The largest absolute Gasteiger partial charge is 0.507 e. The Morgan fingerprint density at radius 1 is 0.944 bits per heavy atom. The van der Waals surface area contributed by atoms with Gasteiger partial charge in [0.1, 0.15) is 11.5 Å². The molecule has 5 rings (SSSR count). The fourth-order valence-corrected chi connectivity index (χ4v) is 6.09. The predicted molar refractivity (Wildman–Crippen MR) is 135 cm³/mol. The summed E-state index contributed by atoms with van der Waals surface area (Å²) in [6, 6.07) is 20.2. The van der Waals surface area contributed by atoms with Crippen molar-refractivity contribution < 1.29 is 23.4 Å². The topological polar surface area (TPSA) is 134 Å². The van der Waals surface area contributed by atoms with E-state index in [-0.39, 0.29) is 40.7 Å². The van der Waals surface area contributed by atoms with Crippen LogP contribution < -0.4 is 5.32 Å². The molecule has 1 saturated heterocycles. The molecule has 0 saturated carbocycles. The van der Waals surface area contributed by atoms with Gasteiger partial charge < -0.3 is 15.5 Å². The number of hydrogen-bond donors (Lipinski definition) is 3. The molecular formula is C26H24N4O5S. The molecule has 1 unspecified atom stereocenters. The molecule has 36 heavy (non-hydrogen) atoms. The van der Waals surface area contributed by atoms with E-state index in [9.17, 15) is 23.4 Å². The Morgan fingerprint density at radius 2 is 1.58 bits per heavy atom. The molecule has 1 aliphatic heterocycles. The highest BCUT2D eigenvalue weighted by atomic mass is 32.2. The molecule has 4 aromatic rings. The van der Waals surface area contributed by atoms with E-state index in [1.54, 1.807) is 77.5 Å². The van der Waals surface area contributed by atoms with Gasteiger partial charge in [-0.15, -0.1) is 5.10 Å². The molecule has 2 heterocycles. The highest BCUT2D eigenvalue weighted by Crippen LogP contribution is 2.33. The first kappa shape index (κ1) is 23.6. The van der Waals surface area contributed by atoms with Crippen molar-refractivity contribution in [2.45, 2.75) is 6.42 Å². The molecule has 3 aromatic carbocycles. The maximum Gasteiger partial charge on any atom is 0.251 e. The highest BCUT2D eigenvalue weighted by Gasteiger charge is 2.28. The number of carbonyl (C=O) groups excluding carboxylic acids is 1. The van der Waals surface area contributed by atoms with E-state index in [2.05, 4.69) is 15.4 Å². The zero-order chi connectivity index (χ0) is 25.3. The first-order chi connectivity index (χ1) is 17.3. The van der Waals surface area contributed by atoms with Gasteiger partial charge in [-0.25, -0.2) is 18.1 Å². The maximum atomic E-state index is 12.6. The summed E-state index contributed by atoms with van der Waals surface area (Å²) in [6.45, 7) is 0.310. The molecule has 0 spiro atoms. The SMILES string of the molecule is O=C(NCC1CCS(=O)(=O)C1)c1ccc(-n2nc(-c3ccccc3O)nc2-c2ccccc2O)cc1. The molecule has 184 valence electrons. The van der Waals surface area contributed by atoms with Crippen LogP contribution in [0.1, 0.15) is 16.8 Å². The number of aromatic hydroxyl groups is 2. The first-order valence-electron chi connectivity index (χ1n) is 11.4. The van der Waals surface area contributed by atoms with E-state index in [0.717, 1.165) is 0 Å². The van der Waals surface area contributed by atoms with Crippen molar-refractivity contribution in [3.8, 4) is 40.0 Å². The minimum absolute atomic E-state index is 0.0277. The van der Waals surface area contributed by atoms with Gasteiger partial charge in [0, 0.05) is 12.1 Å². The fraction of sp³-hybridized carbons (Fsp3) is 0.192. The van der Waals surface area contributed by atoms with E-state index >= 15 is 0 Å². The van der Waals surface area contributed by atoms with Gasteiger partial charge in [0.25, 0.3) is 5.91 Å². The van der Waals surface area contributed by atoms with Gasteiger partial charge in [-0.2, -0.15) is 0 Å². The van der Waals surface area contributed by atoms with Crippen LogP contribution in [0.5, 0.6) is 11.5 Å². The molecule has 1 atom stereocenters. The number of nitrogens with one attached hydrogen (secondary N) is 1. The monoisotopic (exact) mass is 504 g/mol. The van der Waals surface area contributed by atoms with Crippen LogP contribution in [-0.4, -0.2) is 57.4 Å². The number of benzene rings is 3. The van der Waals surface area contributed by atoms with E-state index in [0.29, 0.717) is 41.2 Å². The lowest BCUT2D eigenvalue weighted by Gasteiger charge is -2.11. The summed E-state index contributed by atoms with van der Waals surface area (Å²) in [5.74, 6) is 0.614. The van der Waals surface area contributed by atoms with Crippen LogP contribution in [0.2, 0.25) is 0 Å². The Kier molecular flexibility index (Phi) is 6.19. The minimum Gasteiger partial charge on any atom is -0.507 e. The summed E-state index contributed by atoms with van der Waals surface area (Å²) < 4.78 is 24.8. The molecule has 0 bridgehead atoms. The van der Waals surface area contributed by atoms with E-state index in [1.807, 2.05) is 0 Å². The van der Waals surface area contributed by atoms with Crippen molar-refractivity contribution in [2.75, 3.05) is 18.1 Å². The molecule has 0 radical (unpaired) electrons. The van der Waals surface area contributed by atoms with Crippen molar-refractivity contribution in [2.24, 2.45) is 5.92 Å². The third kappa shape index (κ3) is 4.80. The Hall–Kier alpha value is -4.18. The average molecular weight is 505 g/mol. The fourth-order valence-electron chi connectivity index (χ4n) is 4.23. The Bertz CT molecular complexity index is 1530. The van der Waals surface area contributed by atoms with Crippen LogP contribution in [-0.2, 0) is 9.84 Å². The second-order valence-corrected chi connectivity index (χ2v) is 11.0. The number of sulfone groups is 1. The summed E-state index contributed by atoms with van der Waals surface area (Å²) in [4.78, 5) is 17.2. The lowest BCUT2D eigenvalue weighted by Crippen LogP contribution is -2.29. The summed E-state index contributed by atoms with van der Waals surface area (Å²) in [7, 11) is -3.00. The lowest BCUT2D eigenvalue weighted by molar-refractivity contribution is 0.0948. The maximum absolute atomic E-state index is 12.6. The number of aromatic nitrogens is 3. The molecule has 1 aliphatic rings. The summed E-state index contributed by atoms with van der Waals surface area (Å²) in [6.07, 6.45) is 0.558. The van der Waals surface area contributed by atoms with Crippen LogP contribution >= 0.6 is 0 Å². The zero-order valence-electron chi connectivity index (χ0n) is 19.2. The normalized spacial score (nSPS) is 16.6. The van der Waals surface area contributed by atoms with Gasteiger partial charge >= 0.3 is 0 Å². The van der Waals surface area contributed by atoms with Gasteiger partial charge in [0.15, 0.2) is 21.5 Å². The standard InChI is InChI=1S/C26H24N4O5S/c31-22-7-3-1-5-20(22)24-28-25(21-6-2-4-8-23(21)32)30(29-24)19-11-9-18(10-12-19)26(33)27-15-17-13-14-36(34,35)16-17/h1-12,17,31-32H,13-16H2,(H,27,33). The molecule has 1 fully saturated rings. The van der Waals surface area contributed by atoms with E-state index in [1.165, 1.54) is 0 Å². The molecule has 3 N–H and O–H groups in total. The predicted octanol–water partition coefficient (Wildman–Crippen LogP) is 3.18. The molecule has 10 heteroatoms. The van der Waals surface area contributed by atoms with Crippen LogP contribution in [0.3, 0.4) is 0 Å². The number of carbonyl (C=O) groups is 1. The third-order valence-electron chi connectivity index (χ3n) is 6.15. The zero-order valence-corrected chi connectivity index (χ0v) is 20.0. The molecular weight excluding hydrogens is 480 g/mol. The van der Waals surface area contributed by atoms with Crippen molar-refractivity contribution in [3.63, 3.8) is 0 Å². The Morgan fingerprint density at radius 3 is 2.19 bits per heavy atom. The number of rotatable bonds is 6. The van der Waals surface area contributed by atoms with Gasteiger partial charge in [0.2, 0.25) is 0 Å². The van der Waals surface area contributed by atoms with Crippen molar-refractivity contribution in [1.29, 1.82) is 0 Å².